The zero-order valence-corrected chi connectivity index (χ0v) is 7.73. The summed E-state index contributed by atoms with van der Waals surface area (Å²) in [5, 5.41) is 9.48. The van der Waals surface area contributed by atoms with Crippen LogP contribution in [0.5, 0.6) is 0 Å². The van der Waals surface area contributed by atoms with Crippen molar-refractivity contribution in [2.75, 3.05) is 13.7 Å². The average Bonchev–Trinajstić information content (AvgIpc) is 2.08. The van der Waals surface area contributed by atoms with E-state index in [4.69, 9.17) is 14.2 Å². The molecule has 5 heteroatoms. The summed E-state index contributed by atoms with van der Waals surface area (Å²) in [6, 6.07) is 0. The number of carbonyl (C=O) groups is 1. The number of hydrogen-bond acceptors (Lipinski definition) is 5. The molecule has 1 saturated heterocycles. The van der Waals surface area contributed by atoms with E-state index >= 15 is 0 Å². The Morgan fingerprint density at radius 1 is 1.62 bits per heavy atom. The molecule has 0 radical (unpaired) electrons. The number of ether oxygens (including phenoxy) is 3. The molecule has 1 heterocycles. The molecule has 1 N–H and O–H groups in total. The highest BCUT2D eigenvalue weighted by Crippen LogP contribution is 2.18. The summed E-state index contributed by atoms with van der Waals surface area (Å²) in [7, 11) is 1.44. The maximum atomic E-state index is 10.7. The molecule has 0 aromatic heterocycles. The SMILES string of the molecule is CO[C@H]1OCC[C@H](O)[C@H]1OC(C)=O. The van der Waals surface area contributed by atoms with Gasteiger partial charge in [0.2, 0.25) is 0 Å². The Balaban J connectivity index is 2.56. The van der Waals surface area contributed by atoms with Crippen molar-refractivity contribution in [1.82, 2.24) is 0 Å². The zero-order chi connectivity index (χ0) is 9.84. The van der Waals surface area contributed by atoms with Crippen molar-refractivity contribution in [3.8, 4) is 0 Å². The number of aliphatic hydroxyl groups excluding tert-OH is 1. The third-order valence-electron chi connectivity index (χ3n) is 1.88. The normalized spacial score (nSPS) is 34.2. The van der Waals surface area contributed by atoms with Gasteiger partial charge in [-0.2, -0.15) is 0 Å². The number of methoxy groups -OCH3 is 1. The minimum Gasteiger partial charge on any atom is -0.454 e. The first-order chi connectivity index (χ1) is 6.15. The van der Waals surface area contributed by atoms with E-state index in [1.807, 2.05) is 0 Å². The van der Waals surface area contributed by atoms with E-state index in [-0.39, 0.29) is 0 Å². The fraction of sp³-hybridized carbons (Fsp3) is 0.875. The van der Waals surface area contributed by atoms with E-state index < -0.39 is 24.5 Å². The lowest BCUT2D eigenvalue weighted by molar-refractivity contribution is -0.242. The van der Waals surface area contributed by atoms with Crippen LogP contribution in [0.2, 0.25) is 0 Å². The van der Waals surface area contributed by atoms with Gasteiger partial charge in [0, 0.05) is 20.5 Å². The van der Waals surface area contributed by atoms with Crippen LogP contribution in [0.3, 0.4) is 0 Å². The van der Waals surface area contributed by atoms with Gasteiger partial charge in [0.1, 0.15) is 0 Å². The van der Waals surface area contributed by atoms with Crippen molar-refractivity contribution >= 4 is 5.97 Å². The van der Waals surface area contributed by atoms with Crippen molar-refractivity contribution in [2.24, 2.45) is 0 Å². The third kappa shape index (κ3) is 2.65. The second-order valence-electron chi connectivity index (χ2n) is 2.90. The molecule has 0 bridgehead atoms. The Bertz CT molecular complexity index is 181. The van der Waals surface area contributed by atoms with Crippen molar-refractivity contribution in [2.45, 2.75) is 31.8 Å². The highest BCUT2D eigenvalue weighted by Gasteiger charge is 2.35. The molecule has 0 amide bonds. The largest absolute Gasteiger partial charge is 0.454 e. The fourth-order valence-corrected chi connectivity index (χ4v) is 1.27. The molecule has 0 aromatic rings. The molecule has 0 aliphatic carbocycles. The van der Waals surface area contributed by atoms with E-state index in [9.17, 15) is 9.90 Å². The number of carbonyl (C=O) groups excluding carboxylic acids is 1. The molecule has 13 heavy (non-hydrogen) atoms. The van der Waals surface area contributed by atoms with Gasteiger partial charge in [0.15, 0.2) is 12.4 Å². The molecule has 0 saturated carbocycles. The fourth-order valence-electron chi connectivity index (χ4n) is 1.27. The Morgan fingerprint density at radius 2 is 2.31 bits per heavy atom. The molecule has 1 fully saturated rings. The maximum absolute atomic E-state index is 10.7. The standard InChI is InChI=1S/C8H14O5/c1-5(9)13-7-6(10)3-4-12-8(7)11-2/h6-8,10H,3-4H2,1-2H3/t6-,7+,8-/m0/s1. The second-order valence-corrected chi connectivity index (χ2v) is 2.90. The molecule has 3 atom stereocenters. The molecule has 1 aliphatic heterocycles. The summed E-state index contributed by atoms with van der Waals surface area (Å²) in [5.74, 6) is -0.448. The van der Waals surface area contributed by atoms with Crippen molar-refractivity contribution in [1.29, 1.82) is 0 Å². The molecule has 0 spiro atoms. The third-order valence-corrected chi connectivity index (χ3v) is 1.88. The lowest BCUT2D eigenvalue weighted by Gasteiger charge is -2.33. The minimum absolute atomic E-state index is 0.414. The molecular weight excluding hydrogens is 176 g/mol. The van der Waals surface area contributed by atoms with Crippen LogP contribution in [-0.4, -0.2) is 43.3 Å². The van der Waals surface area contributed by atoms with Crippen LogP contribution in [0.15, 0.2) is 0 Å². The number of rotatable bonds is 2. The van der Waals surface area contributed by atoms with Crippen LogP contribution >= 0.6 is 0 Å². The summed E-state index contributed by atoms with van der Waals surface area (Å²) < 4.78 is 14.9. The van der Waals surface area contributed by atoms with Gasteiger partial charge in [-0.15, -0.1) is 0 Å². The van der Waals surface area contributed by atoms with Crippen molar-refractivity contribution in [3.63, 3.8) is 0 Å². The van der Waals surface area contributed by atoms with Crippen LogP contribution in [0.25, 0.3) is 0 Å². The summed E-state index contributed by atoms with van der Waals surface area (Å²) >= 11 is 0. The maximum Gasteiger partial charge on any atom is 0.303 e. The van der Waals surface area contributed by atoms with Gasteiger partial charge in [-0.05, 0) is 0 Å². The van der Waals surface area contributed by atoms with Gasteiger partial charge in [0.25, 0.3) is 0 Å². The zero-order valence-electron chi connectivity index (χ0n) is 7.73. The molecule has 1 aliphatic rings. The Kier molecular flexibility index (Phi) is 3.65. The summed E-state index contributed by atoms with van der Waals surface area (Å²) in [4.78, 5) is 10.7. The average molecular weight is 190 g/mol. The lowest BCUT2D eigenvalue weighted by Crippen LogP contribution is -2.47. The molecule has 76 valence electrons. The molecular formula is C8H14O5. The van der Waals surface area contributed by atoms with Gasteiger partial charge in [-0.25, -0.2) is 0 Å². The van der Waals surface area contributed by atoms with Gasteiger partial charge in [-0.1, -0.05) is 0 Å². The Hall–Kier alpha value is -0.650. The van der Waals surface area contributed by atoms with Crippen LogP contribution < -0.4 is 0 Å². The highest BCUT2D eigenvalue weighted by molar-refractivity contribution is 5.66. The number of aliphatic hydroxyl groups is 1. The monoisotopic (exact) mass is 190 g/mol. The van der Waals surface area contributed by atoms with E-state index in [0.717, 1.165) is 0 Å². The highest BCUT2D eigenvalue weighted by atomic mass is 16.7. The van der Waals surface area contributed by atoms with E-state index in [2.05, 4.69) is 0 Å². The van der Waals surface area contributed by atoms with Crippen LogP contribution in [0, 0.1) is 0 Å². The summed E-state index contributed by atoms with van der Waals surface area (Å²) in [6.45, 7) is 1.70. The minimum atomic E-state index is -0.712. The molecule has 0 unspecified atom stereocenters. The number of hydrogen-bond donors (Lipinski definition) is 1. The smallest absolute Gasteiger partial charge is 0.303 e. The van der Waals surface area contributed by atoms with Crippen LogP contribution in [0.1, 0.15) is 13.3 Å². The molecule has 1 rings (SSSR count). The van der Waals surface area contributed by atoms with Gasteiger partial charge >= 0.3 is 5.97 Å². The van der Waals surface area contributed by atoms with Gasteiger partial charge < -0.3 is 19.3 Å². The Labute approximate surface area is 76.6 Å². The first-order valence-electron chi connectivity index (χ1n) is 4.15. The predicted octanol–water partition coefficient (Wildman–Crippen LogP) is -0.328. The lowest BCUT2D eigenvalue weighted by atomic mass is 10.1. The quantitative estimate of drug-likeness (QED) is 0.604. The van der Waals surface area contributed by atoms with Crippen LogP contribution in [0.4, 0.5) is 0 Å². The van der Waals surface area contributed by atoms with Crippen molar-refractivity contribution < 1.29 is 24.1 Å². The molecule has 5 nitrogen and oxygen atoms in total. The number of esters is 1. The first-order valence-corrected chi connectivity index (χ1v) is 4.15. The predicted molar refractivity (Wildman–Crippen MR) is 42.9 cm³/mol. The van der Waals surface area contributed by atoms with E-state index in [0.29, 0.717) is 13.0 Å². The van der Waals surface area contributed by atoms with Gasteiger partial charge in [0.05, 0.1) is 12.7 Å². The van der Waals surface area contributed by atoms with E-state index in [1.165, 1.54) is 14.0 Å². The van der Waals surface area contributed by atoms with Gasteiger partial charge in [-0.3, -0.25) is 4.79 Å². The topological polar surface area (TPSA) is 65.0 Å². The van der Waals surface area contributed by atoms with Crippen LogP contribution in [-0.2, 0) is 19.0 Å². The van der Waals surface area contributed by atoms with Crippen molar-refractivity contribution in [3.05, 3.63) is 0 Å². The summed E-state index contributed by atoms with van der Waals surface area (Å²) in [6.07, 6.45) is -1.62. The Morgan fingerprint density at radius 3 is 2.85 bits per heavy atom. The first kappa shape index (κ1) is 10.4. The summed E-state index contributed by atoms with van der Waals surface area (Å²) in [5.41, 5.74) is 0. The molecule has 0 aromatic carbocycles. The van der Waals surface area contributed by atoms with E-state index in [1.54, 1.807) is 0 Å². The second kappa shape index (κ2) is 4.55.